The van der Waals surface area contributed by atoms with Gasteiger partial charge in [-0.1, -0.05) is 39.1 Å². The van der Waals surface area contributed by atoms with Crippen LogP contribution < -0.4 is 11.3 Å². The highest BCUT2D eigenvalue weighted by molar-refractivity contribution is 9.10. The van der Waals surface area contributed by atoms with Gasteiger partial charge in [0.2, 0.25) is 0 Å². The summed E-state index contributed by atoms with van der Waals surface area (Å²) in [5.74, 6) is 5.64. The molecule has 1 heterocycles. The number of hydrogen-bond acceptors (Lipinski definition) is 3. The van der Waals surface area contributed by atoms with Gasteiger partial charge in [-0.15, -0.1) is 11.3 Å². The Morgan fingerprint density at radius 2 is 2.06 bits per heavy atom. The van der Waals surface area contributed by atoms with Crippen molar-refractivity contribution in [3.05, 3.63) is 54.6 Å². The molecule has 0 amide bonds. The molecule has 2 nitrogen and oxygen atoms in total. The monoisotopic (exact) mass is 364 g/mol. The van der Waals surface area contributed by atoms with Gasteiger partial charge in [-0.25, -0.2) is 0 Å². The third-order valence-corrected chi connectivity index (χ3v) is 4.78. The van der Waals surface area contributed by atoms with Crippen LogP contribution in [0.4, 0.5) is 0 Å². The van der Waals surface area contributed by atoms with Crippen molar-refractivity contribution >= 4 is 50.5 Å². The summed E-state index contributed by atoms with van der Waals surface area (Å²) in [5, 5.41) is 0.692. The van der Waals surface area contributed by atoms with Gasteiger partial charge in [0.05, 0.1) is 10.4 Å². The van der Waals surface area contributed by atoms with Crippen LogP contribution in [0.1, 0.15) is 16.5 Å². The second kappa shape index (κ2) is 6.37. The molecule has 0 saturated carbocycles. The number of nitrogens with two attached hydrogens (primary N) is 1. The van der Waals surface area contributed by atoms with Crippen molar-refractivity contribution in [1.82, 2.24) is 5.43 Å². The minimum atomic E-state index is -0.00667. The molecule has 1 aromatic heterocycles. The summed E-state index contributed by atoms with van der Waals surface area (Å²) in [5.41, 5.74) is 3.86. The lowest BCUT2D eigenvalue weighted by Gasteiger charge is -2.17. The standard InChI is InChI=1S/C12H11BrCl2N2S/c13-10-3-1-7(14)5-9(10)11(17-16)6-8-2-4-12(15)18-8/h1-5,11,17H,6,16H2. The van der Waals surface area contributed by atoms with Crippen molar-refractivity contribution in [2.75, 3.05) is 0 Å². The van der Waals surface area contributed by atoms with Gasteiger partial charge in [0.1, 0.15) is 0 Å². The number of thiophene rings is 1. The van der Waals surface area contributed by atoms with Gasteiger partial charge >= 0.3 is 0 Å². The number of benzene rings is 1. The first kappa shape index (κ1) is 14.3. The lowest BCUT2D eigenvalue weighted by molar-refractivity contribution is 0.553. The summed E-state index contributed by atoms with van der Waals surface area (Å²) in [4.78, 5) is 1.18. The quantitative estimate of drug-likeness (QED) is 0.615. The maximum atomic E-state index is 6.02. The molecule has 3 N–H and O–H groups in total. The van der Waals surface area contributed by atoms with E-state index in [9.17, 15) is 0 Å². The Hall–Kier alpha value is -0.100. The summed E-state index contributed by atoms with van der Waals surface area (Å²) < 4.78 is 1.77. The summed E-state index contributed by atoms with van der Waals surface area (Å²) in [7, 11) is 0. The topological polar surface area (TPSA) is 38.0 Å². The maximum absolute atomic E-state index is 6.02. The highest BCUT2D eigenvalue weighted by Crippen LogP contribution is 2.31. The number of halogens is 3. The molecular weight excluding hydrogens is 355 g/mol. The highest BCUT2D eigenvalue weighted by atomic mass is 79.9. The van der Waals surface area contributed by atoms with E-state index in [2.05, 4.69) is 21.4 Å². The fraction of sp³-hybridized carbons (Fsp3) is 0.167. The summed E-state index contributed by atoms with van der Waals surface area (Å²) in [6.45, 7) is 0. The van der Waals surface area contributed by atoms with E-state index in [-0.39, 0.29) is 6.04 Å². The van der Waals surface area contributed by atoms with Gasteiger partial charge in [0, 0.05) is 20.8 Å². The minimum Gasteiger partial charge on any atom is -0.271 e. The molecule has 0 aliphatic heterocycles. The van der Waals surface area contributed by atoms with Crippen molar-refractivity contribution in [3.8, 4) is 0 Å². The summed E-state index contributed by atoms with van der Waals surface area (Å²) in [6.07, 6.45) is 0.771. The third-order valence-electron chi connectivity index (χ3n) is 2.57. The molecule has 2 aromatic rings. The fourth-order valence-electron chi connectivity index (χ4n) is 1.70. The van der Waals surface area contributed by atoms with Crippen molar-refractivity contribution in [3.63, 3.8) is 0 Å². The SMILES string of the molecule is NNC(Cc1ccc(Cl)s1)c1cc(Cl)ccc1Br. The molecule has 18 heavy (non-hydrogen) atoms. The van der Waals surface area contributed by atoms with Crippen molar-refractivity contribution < 1.29 is 0 Å². The largest absolute Gasteiger partial charge is 0.271 e. The molecule has 0 fully saturated rings. The fourth-order valence-corrected chi connectivity index (χ4v) is 3.54. The first-order valence-electron chi connectivity index (χ1n) is 5.25. The molecule has 0 saturated heterocycles. The maximum Gasteiger partial charge on any atom is 0.0931 e. The van der Waals surface area contributed by atoms with E-state index in [1.54, 1.807) is 11.3 Å². The average molecular weight is 366 g/mol. The zero-order chi connectivity index (χ0) is 13.1. The zero-order valence-electron chi connectivity index (χ0n) is 9.29. The van der Waals surface area contributed by atoms with Gasteiger partial charge in [0.25, 0.3) is 0 Å². The third kappa shape index (κ3) is 3.47. The minimum absolute atomic E-state index is 0.00667. The van der Waals surface area contributed by atoms with Crippen LogP contribution in [0.25, 0.3) is 0 Å². The zero-order valence-corrected chi connectivity index (χ0v) is 13.2. The Morgan fingerprint density at radius 3 is 2.67 bits per heavy atom. The van der Waals surface area contributed by atoms with Crippen LogP contribution in [0.5, 0.6) is 0 Å². The van der Waals surface area contributed by atoms with E-state index in [1.165, 1.54) is 4.88 Å². The molecule has 0 aliphatic rings. The van der Waals surface area contributed by atoms with Crippen molar-refractivity contribution in [2.45, 2.75) is 12.5 Å². The molecule has 0 spiro atoms. The van der Waals surface area contributed by atoms with Gasteiger partial charge in [0.15, 0.2) is 0 Å². The Labute approximate surface area is 128 Å². The Bertz CT molecular complexity index is 545. The van der Waals surface area contributed by atoms with Crippen LogP contribution in [-0.2, 0) is 6.42 Å². The van der Waals surface area contributed by atoms with Crippen molar-refractivity contribution in [2.24, 2.45) is 5.84 Å². The van der Waals surface area contributed by atoms with Crippen LogP contribution in [-0.4, -0.2) is 0 Å². The first-order chi connectivity index (χ1) is 8.60. The van der Waals surface area contributed by atoms with Gasteiger partial charge in [-0.2, -0.15) is 0 Å². The molecule has 1 aromatic carbocycles. The van der Waals surface area contributed by atoms with E-state index >= 15 is 0 Å². The van der Waals surface area contributed by atoms with Crippen molar-refractivity contribution in [1.29, 1.82) is 0 Å². The molecule has 2 rings (SSSR count). The van der Waals surface area contributed by atoms with Crippen LogP contribution in [0, 0.1) is 0 Å². The Morgan fingerprint density at radius 1 is 1.28 bits per heavy atom. The number of hydrogen-bond donors (Lipinski definition) is 2. The summed E-state index contributed by atoms with van der Waals surface area (Å²) in [6, 6.07) is 9.56. The van der Waals surface area contributed by atoms with E-state index < -0.39 is 0 Å². The Balaban J connectivity index is 2.25. The summed E-state index contributed by atoms with van der Waals surface area (Å²) >= 11 is 17.0. The number of hydrazine groups is 1. The molecule has 1 unspecified atom stereocenters. The predicted molar refractivity (Wildman–Crippen MR) is 82.2 cm³/mol. The molecule has 0 bridgehead atoms. The van der Waals surface area contributed by atoms with Crippen LogP contribution in [0.3, 0.4) is 0 Å². The smallest absolute Gasteiger partial charge is 0.0931 e. The van der Waals surface area contributed by atoms with Crippen LogP contribution in [0.2, 0.25) is 9.36 Å². The lowest BCUT2D eigenvalue weighted by atomic mass is 10.0. The number of nitrogens with one attached hydrogen (secondary N) is 1. The first-order valence-corrected chi connectivity index (χ1v) is 7.62. The molecule has 0 radical (unpaired) electrons. The van der Waals surface area contributed by atoms with Gasteiger partial charge in [-0.05, 0) is 35.9 Å². The van der Waals surface area contributed by atoms with Crippen LogP contribution in [0.15, 0.2) is 34.8 Å². The molecule has 96 valence electrons. The van der Waals surface area contributed by atoms with Gasteiger partial charge < -0.3 is 0 Å². The lowest BCUT2D eigenvalue weighted by Crippen LogP contribution is -2.29. The van der Waals surface area contributed by atoms with E-state index in [0.717, 1.165) is 20.8 Å². The normalized spacial score (nSPS) is 12.7. The second-order valence-corrected chi connectivity index (χ2v) is 6.89. The molecular formula is C12H11BrCl2N2S. The molecule has 1 atom stereocenters. The molecule has 6 heteroatoms. The van der Waals surface area contributed by atoms with E-state index in [4.69, 9.17) is 29.0 Å². The Kier molecular flexibility index (Phi) is 5.06. The van der Waals surface area contributed by atoms with Crippen LogP contribution >= 0.6 is 50.5 Å². The predicted octanol–water partition coefficient (Wildman–Crippen LogP) is 4.56. The highest BCUT2D eigenvalue weighted by Gasteiger charge is 2.15. The van der Waals surface area contributed by atoms with E-state index in [0.29, 0.717) is 5.02 Å². The van der Waals surface area contributed by atoms with E-state index in [1.807, 2.05) is 30.3 Å². The second-order valence-electron chi connectivity index (χ2n) is 3.80. The van der Waals surface area contributed by atoms with Gasteiger partial charge in [-0.3, -0.25) is 11.3 Å². The average Bonchev–Trinajstić information content (AvgIpc) is 2.75. The molecule has 0 aliphatic carbocycles. The number of rotatable bonds is 4.